The van der Waals surface area contributed by atoms with Crippen LogP contribution in [0.15, 0.2) is 0 Å². The first-order chi connectivity index (χ1) is 11.1. The molecule has 2 N–H and O–H groups in total. The quantitative estimate of drug-likeness (QED) is 0.813. The normalized spacial score (nSPS) is 25.1. The minimum absolute atomic E-state index is 0. The summed E-state index contributed by atoms with van der Waals surface area (Å²) < 4.78 is 0. The molecular weight excluding hydrogens is 326 g/mol. The third kappa shape index (κ3) is 4.42. The lowest BCUT2D eigenvalue weighted by Gasteiger charge is -2.39. The standard InChI is InChI=1S/C18H31N3O2.ClH/c1-14(20-16(22)15-5-3-2-4-6-15)17(23)21-11-8-18(9-12-21)7-10-19-13-18;/h14-15,19H,2-13H2,1H3,(H,20,22);1H/t14-;/m0./s1. The molecule has 2 heterocycles. The smallest absolute Gasteiger partial charge is 0.244 e. The van der Waals surface area contributed by atoms with E-state index < -0.39 is 0 Å². The number of halogens is 1. The van der Waals surface area contributed by atoms with Crippen molar-refractivity contribution in [2.75, 3.05) is 26.2 Å². The van der Waals surface area contributed by atoms with Gasteiger partial charge >= 0.3 is 0 Å². The fraction of sp³-hybridized carbons (Fsp3) is 0.889. The van der Waals surface area contributed by atoms with Gasteiger partial charge in [-0.3, -0.25) is 9.59 Å². The Morgan fingerprint density at radius 2 is 1.79 bits per heavy atom. The minimum Gasteiger partial charge on any atom is -0.344 e. The molecule has 138 valence electrons. The number of carbonyl (C=O) groups excluding carboxylic acids is 2. The number of likely N-dealkylation sites (tertiary alicyclic amines) is 1. The van der Waals surface area contributed by atoms with E-state index >= 15 is 0 Å². The van der Waals surface area contributed by atoms with Gasteiger partial charge in [0.05, 0.1) is 0 Å². The molecule has 0 unspecified atom stereocenters. The highest BCUT2D eigenvalue weighted by Crippen LogP contribution is 2.37. The molecule has 0 aromatic carbocycles. The van der Waals surface area contributed by atoms with Crippen LogP contribution < -0.4 is 10.6 Å². The molecule has 24 heavy (non-hydrogen) atoms. The summed E-state index contributed by atoms with van der Waals surface area (Å²) in [4.78, 5) is 26.9. The van der Waals surface area contributed by atoms with Crippen molar-refractivity contribution in [3.8, 4) is 0 Å². The molecule has 3 aliphatic rings. The van der Waals surface area contributed by atoms with Gasteiger partial charge in [-0.25, -0.2) is 0 Å². The summed E-state index contributed by atoms with van der Waals surface area (Å²) in [5, 5.41) is 6.42. The second-order valence-corrected chi connectivity index (χ2v) is 7.82. The van der Waals surface area contributed by atoms with E-state index in [-0.39, 0.29) is 36.2 Å². The first-order valence-electron chi connectivity index (χ1n) is 9.40. The Balaban J connectivity index is 0.00000208. The summed E-state index contributed by atoms with van der Waals surface area (Å²) in [6, 6.07) is -0.389. The first-order valence-corrected chi connectivity index (χ1v) is 9.40. The van der Waals surface area contributed by atoms with E-state index in [0.717, 1.165) is 64.7 Å². The number of carbonyl (C=O) groups is 2. The fourth-order valence-corrected chi connectivity index (χ4v) is 4.46. The van der Waals surface area contributed by atoms with E-state index in [9.17, 15) is 9.59 Å². The molecule has 1 saturated carbocycles. The third-order valence-electron chi connectivity index (χ3n) is 6.17. The minimum atomic E-state index is -0.389. The summed E-state index contributed by atoms with van der Waals surface area (Å²) in [6.45, 7) is 5.73. The molecule has 1 spiro atoms. The van der Waals surface area contributed by atoms with Gasteiger partial charge in [-0.2, -0.15) is 0 Å². The first kappa shape index (κ1) is 19.5. The second kappa shape index (κ2) is 8.52. The molecule has 2 aliphatic heterocycles. The van der Waals surface area contributed by atoms with Crippen LogP contribution >= 0.6 is 12.4 Å². The van der Waals surface area contributed by atoms with Crippen LogP contribution in [0.3, 0.4) is 0 Å². The molecule has 1 aliphatic carbocycles. The van der Waals surface area contributed by atoms with Gasteiger partial charge in [-0.1, -0.05) is 19.3 Å². The highest BCUT2D eigenvalue weighted by molar-refractivity contribution is 5.88. The average Bonchev–Trinajstić information content (AvgIpc) is 3.03. The van der Waals surface area contributed by atoms with Gasteiger partial charge in [-0.05, 0) is 51.0 Å². The Morgan fingerprint density at radius 1 is 1.12 bits per heavy atom. The van der Waals surface area contributed by atoms with Gasteiger partial charge in [0.1, 0.15) is 6.04 Å². The van der Waals surface area contributed by atoms with Crippen LogP contribution in [0.2, 0.25) is 0 Å². The number of rotatable bonds is 3. The monoisotopic (exact) mass is 357 g/mol. The second-order valence-electron chi connectivity index (χ2n) is 7.82. The zero-order valence-corrected chi connectivity index (χ0v) is 15.6. The van der Waals surface area contributed by atoms with Gasteiger partial charge in [0.25, 0.3) is 0 Å². The largest absolute Gasteiger partial charge is 0.344 e. The van der Waals surface area contributed by atoms with Crippen molar-refractivity contribution < 1.29 is 9.59 Å². The average molecular weight is 358 g/mol. The number of hydrogen-bond donors (Lipinski definition) is 2. The molecule has 6 heteroatoms. The molecule has 2 amide bonds. The highest BCUT2D eigenvalue weighted by atomic mass is 35.5. The van der Waals surface area contributed by atoms with Crippen molar-refractivity contribution in [3.63, 3.8) is 0 Å². The van der Waals surface area contributed by atoms with Crippen molar-refractivity contribution in [2.24, 2.45) is 11.3 Å². The number of hydrogen-bond acceptors (Lipinski definition) is 3. The van der Waals surface area contributed by atoms with E-state index in [2.05, 4.69) is 10.6 Å². The topological polar surface area (TPSA) is 61.4 Å². The van der Waals surface area contributed by atoms with Crippen LogP contribution in [0.5, 0.6) is 0 Å². The molecule has 1 atom stereocenters. The van der Waals surface area contributed by atoms with E-state index in [1.54, 1.807) is 0 Å². The lowest BCUT2D eigenvalue weighted by atomic mass is 9.78. The summed E-state index contributed by atoms with van der Waals surface area (Å²) in [5.41, 5.74) is 0.422. The maximum atomic E-state index is 12.6. The predicted molar refractivity (Wildman–Crippen MR) is 97.2 cm³/mol. The van der Waals surface area contributed by atoms with Gasteiger partial charge in [0.15, 0.2) is 0 Å². The molecule has 0 aromatic heterocycles. The van der Waals surface area contributed by atoms with Crippen LogP contribution in [-0.4, -0.2) is 48.9 Å². The molecule has 5 nitrogen and oxygen atoms in total. The van der Waals surface area contributed by atoms with E-state index in [0.29, 0.717) is 5.41 Å². The molecule has 2 saturated heterocycles. The Morgan fingerprint density at radius 3 is 2.38 bits per heavy atom. The number of amides is 2. The van der Waals surface area contributed by atoms with Gasteiger partial charge in [0.2, 0.25) is 11.8 Å². The van der Waals surface area contributed by atoms with Crippen LogP contribution in [0.1, 0.15) is 58.3 Å². The Kier molecular flexibility index (Phi) is 6.93. The summed E-state index contributed by atoms with van der Waals surface area (Å²) in [7, 11) is 0. The van der Waals surface area contributed by atoms with Crippen molar-refractivity contribution in [3.05, 3.63) is 0 Å². The molecule has 3 fully saturated rings. The Labute approximate surface area is 151 Å². The van der Waals surface area contributed by atoms with Crippen molar-refractivity contribution in [1.82, 2.24) is 15.5 Å². The van der Waals surface area contributed by atoms with Gasteiger partial charge in [0, 0.05) is 25.6 Å². The van der Waals surface area contributed by atoms with Crippen molar-refractivity contribution in [1.29, 1.82) is 0 Å². The zero-order valence-electron chi connectivity index (χ0n) is 14.8. The molecule has 0 aromatic rings. The van der Waals surface area contributed by atoms with Crippen LogP contribution in [0.4, 0.5) is 0 Å². The fourth-order valence-electron chi connectivity index (χ4n) is 4.46. The Hall–Kier alpha value is -0.810. The molecule has 3 rings (SSSR count). The van der Waals surface area contributed by atoms with Crippen LogP contribution in [0.25, 0.3) is 0 Å². The molecule has 0 radical (unpaired) electrons. The van der Waals surface area contributed by atoms with Gasteiger partial charge < -0.3 is 15.5 Å². The summed E-state index contributed by atoms with van der Waals surface area (Å²) in [5.74, 6) is 0.294. The van der Waals surface area contributed by atoms with Crippen LogP contribution in [0, 0.1) is 11.3 Å². The lowest BCUT2D eigenvalue weighted by molar-refractivity contribution is -0.139. The zero-order chi connectivity index (χ0) is 16.3. The third-order valence-corrected chi connectivity index (χ3v) is 6.17. The van der Waals surface area contributed by atoms with E-state index in [4.69, 9.17) is 0 Å². The maximum absolute atomic E-state index is 12.6. The Bertz CT molecular complexity index is 436. The lowest BCUT2D eigenvalue weighted by Crippen LogP contribution is -2.52. The van der Waals surface area contributed by atoms with E-state index in [1.807, 2.05) is 11.8 Å². The SMILES string of the molecule is C[C@H](NC(=O)C1CCCCC1)C(=O)N1CCC2(CCNC2)CC1.Cl. The predicted octanol–water partition coefficient (Wildman–Crippen LogP) is 2.10. The molecular formula is C18H32ClN3O2. The number of nitrogens with zero attached hydrogens (tertiary/aromatic N) is 1. The van der Waals surface area contributed by atoms with E-state index in [1.165, 1.54) is 12.8 Å². The van der Waals surface area contributed by atoms with Crippen molar-refractivity contribution in [2.45, 2.75) is 64.3 Å². The molecule has 0 bridgehead atoms. The van der Waals surface area contributed by atoms with Gasteiger partial charge in [-0.15, -0.1) is 12.4 Å². The highest BCUT2D eigenvalue weighted by Gasteiger charge is 2.39. The van der Waals surface area contributed by atoms with Crippen molar-refractivity contribution >= 4 is 24.2 Å². The van der Waals surface area contributed by atoms with Crippen LogP contribution in [-0.2, 0) is 9.59 Å². The summed E-state index contributed by atoms with van der Waals surface area (Å²) >= 11 is 0. The maximum Gasteiger partial charge on any atom is 0.244 e. The summed E-state index contributed by atoms with van der Waals surface area (Å²) in [6.07, 6.45) is 8.90. The number of nitrogens with one attached hydrogen (secondary N) is 2. The number of piperidine rings is 1.